The van der Waals surface area contributed by atoms with Gasteiger partial charge in [-0.05, 0) is 18.2 Å². The minimum Gasteiger partial charge on any atom is -0.470 e. The molecule has 2 aromatic rings. The molecule has 0 radical (unpaired) electrons. The van der Waals surface area contributed by atoms with Crippen LogP contribution >= 0.6 is 23.2 Å². The van der Waals surface area contributed by atoms with Crippen LogP contribution in [0.2, 0.25) is 10.0 Å². The van der Waals surface area contributed by atoms with E-state index in [9.17, 15) is 4.79 Å². The molecule has 1 aliphatic rings. The molecule has 1 fully saturated rings. The third-order valence-electron chi connectivity index (χ3n) is 3.65. The molecule has 7 nitrogen and oxygen atoms in total. The summed E-state index contributed by atoms with van der Waals surface area (Å²) in [5.74, 6) is 0.182. The fourth-order valence-corrected chi connectivity index (χ4v) is 2.73. The summed E-state index contributed by atoms with van der Waals surface area (Å²) in [5, 5.41) is 12.6. The van der Waals surface area contributed by atoms with E-state index >= 15 is 0 Å². The lowest BCUT2D eigenvalue weighted by Gasteiger charge is -2.18. The summed E-state index contributed by atoms with van der Waals surface area (Å²) in [7, 11) is 0. The largest absolute Gasteiger partial charge is 0.470 e. The SMILES string of the molecule is N#Cc1nccnc1OC1CCN(C(=O)Nc2ccc(Cl)c(Cl)c2)C1. The van der Waals surface area contributed by atoms with E-state index in [1.165, 1.54) is 12.4 Å². The van der Waals surface area contributed by atoms with Crippen LogP contribution in [0.4, 0.5) is 10.5 Å². The Morgan fingerprint density at radius 2 is 2.12 bits per heavy atom. The number of carbonyl (C=O) groups is 1. The number of anilines is 1. The summed E-state index contributed by atoms with van der Waals surface area (Å²) in [5.41, 5.74) is 0.686. The third-order valence-corrected chi connectivity index (χ3v) is 4.39. The Kier molecular flexibility index (Phi) is 5.22. The van der Waals surface area contributed by atoms with Gasteiger partial charge < -0.3 is 15.0 Å². The predicted molar refractivity (Wildman–Crippen MR) is 92.8 cm³/mol. The molecule has 128 valence electrons. The van der Waals surface area contributed by atoms with Gasteiger partial charge in [-0.1, -0.05) is 23.2 Å². The number of benzene rings is 1. The van der Waals surface area contributed by atoms with Crippen molar-refractivity contribution >= 4 is 34.9 Å². The highest BCUT2D eigenvalue weighted by atomic mass is 35.5. The summed E-state index contributed by atoms with van der Waals surface area (Å²) in [4.78, 5) is 21.9. The maximum absolute atomic E-state index is 12.3. The summed E-state index contributed by atoms with van der Waals surface area (Å²) in [6, 6.07) is 6.55. The average molecular weight is 378 g/mol. The van der Waals surface area contributed by atoms with E-state index in [2.05, 4.69) is 15.3 Å². The van der Waals surface area contributed by atoms with Crippen molar-refractivity contribution in [2.24, 2.45) is 0 Å². The molecule has 2 heterocycles. The fourth-order valence-electron chi connectivity index (χ4n) is 2.43. The smallest absolute Gasteiger partial charge is 0.321 e. The van der Waals surface area contributed by atoms with Gasteiger partial charge in [-0.25, -0.2) is 14.8 Å². The van der Waals surface area contributed by atoms with E-state index < -0.39 is 0 Å². The van der Waals surface area contributed by atoms with Crippen molar-refractivity contribution in [3.63, 3.8) is 0 Å². The lowest BCUT2D eigenvalue weighted by molar-refractivity contribution is 0.189. The molecule has 1 atom stereocenters. The van der Waals surface area contributed by atoms with Crippen LogP contribution in [-0.2, 0) is 0 Å². The Labute approximate surface area is 154 Å². The number of amides is 2. The Bertz CT molecular complexity index is 840. The first kappa shape index (κ1) is 17.3. The van der Waals surface area contributed by atoms with Gasteiger partial charge in [-0.2, -0.15) is 5.26 Å². The van der Waals surface area contributed by atoms with Crippen LogP contribution in [-0.4, -0.2) is 40.1 Å². The van der Waals surface area contributed by atoms with Crippen molar-refractivity contribution in [3.05, 3.63) is 46.3 Å². The first-order valence-electron chi connectivity index (χ1n) is 7.45. The van der Waals surface area contributed by atoms with Gasteiger partial charge in [-0.3, -0.25) is 0 Å². The van der Waals surface area contributed by atoms with Crippen molar-refractivity contribution < 1.29 is 9.53 Å². The molecule has 1 aromatic heterocycles. The number of rotatable bonds is 3. The number of likely N-dealkylation sites (tertiary alicyclic amines) is 1. The number of hydrogen-bond donors (Lipinski definition) is 1. The maximum atomic E-state index is 12.3. The number of nitrogens with one attached hydrogen (secondary N) is 1. The lowest BCUT2D eigenvalue weighted by Crippen LogP contribution is -2.34. The van der Waals surface area contributed by atoms with Crippen molar-refractivity contribution in [2.45, 2.75) is 12.5 Å². The number of hydrogen-bond acceptors (Lipinski definition) is 5. The molecule has 0 spiro atoms. The second-order valence-corrected chi connectivity index (χ2v) is 6.17. The van der Waals surface area contributed by atoms with Crippen LogP contribution in [0, 0.1) is 11.3 Å². The maximum Gasteiger partial charge on any atom is 0.321 e. The Morgan fingerprint density at radius 3 is 2.88 bits per heavy atom. The van der Waals surface area contributed by atoms with Gasteiger partial charge in [0, 0.05) is 31.0 Å². The molecule has 0 aliphatic carbocycles. The average Bonchev–Trinajstić information content (AvgIpc) is 3.07. The zero-order valence-corrected chi connectivity index (χ0v) is 14.5. The highest BCUT2D eigenvalue weighted by Crippen LogP contribution is 2.25. The first-order chi connectivity index (χ1) is 12.1. The Hall–Kier alpha value is -2.56. The highest BCUT2D eigenvalue weighted by molar-refractivity contribution is 6.42. The summed E-state index contributed by atoms with van der Waals surface area (Å²) < 4.78 is 5.71. The van der Waals surface area contributed by atoms with E-state index in [-0.39, 0.29) is 23.7 Å². The molecule has 2 amide bonds. The Balaban J connectivity index is 1.59. The van der Waals surface area contributed by atoms with Gasteiger partial charge in [0.25, 0.3) is 5.88 Å². The van der Waals surface area contributed by atoms with Crippen molar-refractivity contribution in [3.8, 4) is 11.9 Å². The molecule has 9 heteroatoms. The fraction of sp³-hybridized carbons (Fsp3) is 0.250. The lowest BCUT2D eigenvalue weighted by atomic mass is 10.3. The molecule has 1 N–H and O–H groups in total. The number of nitrogens with zero attached hydrogens (tertiary/aromatic N) is 4. The van der Waals surface area contributed by atoms with Crippen molar-refractivity contribution in [1.29, 1.82) is 5.26 Å². The van der Waals surface area contributed by atoms with Gasteiger partial charge in [-0.15, -0.1) is 0 Å². The van der Waals surface area contributed by atoms with Gasteiger partial charge in [0.1, 0.15) is 12.2 Å². The number of urea groups is 1. The van der Waals surface area contributed by atoms with E-state index in [1.54, 1.807) is 23.1 Å². The quantitative estimate of drug-likeness (QED) is 0.885. The van der Waals surface area contributed by atoms with E-state index in [0.717, 1.165) is 0 Å². The molecule has 25 heavy (non-hydrogen) atoms. The molecular formula is C16H13Cl2N5O2. The van der Waals surface area contributed by atoms with Gasteiger partial charge in [0.15, 0.2) is 0 Å². The summed E-state index contributed by atoms with van der Waals surface area (Å²) in [6.07, 6.45) is 3.27. The molecule has 1 aromatic carbocycles. The van der Waals surface area contributed by atoms with E-state index in [1.807, 2.05) is 6.07 Å². The molecule has 1 aliphatic heterocycles. The monoisotopic (exact) mass is 377 g/mol. The minimum atomic E-state index is -0.260. The summed E-state index contributed by atoms with van der Waals surface area (Å²) >= 11 is 11.8. The van der Waals surface area contributed by atoms with Gasteiger partial charge in [0.2, 0.25) is 5.69 Å². The second kappa shape index (κ2) is 7.55. The number of aromatic nitrogens is 2. The van der Waals surface area contributed by atoms with Crippen molar-refractivity contribution in [1.82, 2.24) is 14.9 Å². The topological polar surface area (TPSA) is 91.1 Å². The number of carbonyl (C=O) groups excluding carboxylic acids is 1. The molecule has 0 saturated carbocycles. The highest BCUT2D eigenvalue weighted by Gasteiger charge is 2.28. The normalized spacial score (nSPS) is 16.4. The van der Waals surface area contributed by atoms with E-state index in [4.69, 9.17) is 33.2 Å². The second-order valence-electron chi connectivity index (χ2n) is 5.36. The van der Waals surface area contributed by atoms with Crippen LogP contribution in [0.15, 0.2) is 30.6 Å². The van der Waals surface area contributed by atoms with Crippen LogP contribution in [0.3, 0.4) is 0 Å². The molecule has 1 unspecified atom stereocenters. The van der Waals surface area contributed by atoms with Crippen LogP contribution in [0.25, 0.3) is 0 Å². The molecule has 0 bridgehead atoms. The predicted octanol–water partition coefficient (Wildman–Crippen LogP) is 3.34. The molecule has 1 saturated heterocycles. The number of halogens is 2. The van der Waals surface area contributed by atoms with Crippen LogP contribution < -0.4 is 10.1 Å². The standard InChI is InChI=1S/C16H13Cl2N5O2/c17-12-2-1-10(7-13(12)18)22-16(24)23-6-3-11(9-23)25-15-14(8-19)20-4-5-21-15/h1-2,4-5,7,11H,3,6,9H2,(H,22,24). The third kappa shape index (κ3) is 4.10. The van der Waals surface area contributed by atoms with Crippen LogP contribution in [0.5, 0.6) is 5.88 Å². The molecular weight excluding hydrogens is 365 g/mol. The molecule has 3 rings (SSSR count). The zero-order valence-electron chi connectivity index (χ0n) is 12.9. The Morgan fingerprint density at radius 1 is 1.32 bits per heavy atom. The number of nitriles is 1. The van der Waals surface area contributed by atoms with Gasteiger partial charge in [0.05, 0.1) is 16.6 Å². The summed E-state index contributed by atoms with van der Waals surface area (Å²) in [6.45, 7) is 0.911. The van der Waals surface area contributed by atoms with Crippen LogP contribution in [0.1, 0.15) is 12.1 Å². The van der Waals surface area contributed by atoms with E-state index in [0.29, 0.717) is 35.2 Å². The minimum absolute atomic E-state index is 0.126. The van der Waals surface area contributed by atoms with Crippen molar-refractivity contribution in [2.75, 3.05) is 18.4 Å². The number of ether oxygens (including phenoxy) is 1. The zero-order chi connectivity index (χ0) is 17.8. The van der Waals surface area contributed by atoms with Gasteiger partial charge >= 0.3 is 6.03 Å². The first-order valence-corrected chi connectivity index (χ1v) is 8.21.